The van der Waals surface area contributed by atoms with E-state index in [-0.39, 0.29) is 5.78 Å². The number of carbonyl (C=O) groups excluding carboxylic acids is 1. The number of likely N-dealkylation sites (N-methyl/N-ethyl adjacent to an activating group) is 1. The molecule has 2 heterocycles. The lowest BCUT2D eigenvalue weighted by atomic mass is 9.99. The number of carbonyl (C=O) groups is 1. The number of benzene rings is 2. The highest BCUT2D eigenvalue weighted by molar-refractivity contribution is 6.31. The maximum Gasteiger partial charge on any atom is 0.213 e. The van der Waals surface area contributed by atoms with Gasteiger partial charge in [-0.2, -0.15) is 0 Å². The topological polar surface area (TPSA) is 38.9 Å². The van der Waals surface area contributed by atoms with Crippen LogP contribution in [0.3, 0.4) is 0 Å². The Hall–Kier alpha value is -2.43. The van der Waals surface area contributed by atoms with Gasteiger partial charge in [0.25, 0.3) is 0 Å². The lowest BCUT2D eigenvalue weighted by molar-refractivity contribution is -0.880. The van der Waals surface area contributed by atoms with E-state index in [0.29, 0.717) is 16.1 Å². The second-order valence-corrected chi connectivity index (χ2v) is 7.32. The first-order valence-corrected chi connectivity index (χ1v) is 9.31. The van der Waals surface area contributed by atoms with E-state index >= 15 is 0 Å². The summed E-state index contributed by atoms with van der Waals surface area (Å²) in [6.45, 7) is 3.96. The van der Waals surface area contributed by atoms with Crippen molar-refractivity contribution in [3.05, 3.63) is 70.9 Å². The molecule has 0 aliphatic carbocycles. The standard InChI is InChI=1S/C21H20ClN3O/c1-24-9-11-25(12-10-24)20-17-13-16(22)7-8-19(17)23-14-18(20)21(26)15-5-3-2-4-6-15/h2-8,13-14H,9-12H2,1H3/p+2. The number of hydrogen-bond donors (Lipinski definition) is 1. The van der Waals surface area contributed by atoms with Crippen LogP contribution in [-0.4, -0.2) is 39.0 Å². The lowest BCUT2D eigenvalue weighted by Crippen LogP contribution is -3.12. The third kappa shape index (κ3) is 3.18. The Kier molecular flexibility index (Phi) is 4.62. The van der Waals surface area contributed by atoms with Crippen LogP contribution < -0.4 is 14.8 Å². The predicted molar refractivity (Wildman–Crippen MR) is 104 cm³/mol. The molecule has 0 saturated carbocycles. The molecular formula is C21H22ClN3O+2. The van der Waals surface area contributed by atoms with Crippen molar-refractivity contribution in [2.24, 2.45) is 0 Å². The Bertz CT molecular complexity index is 950. The fraction of sp³-hybridized carbons (Fsp3) is 0.238. The molecule has 0 atom stereocenters. The first-order valence-electron chi connectivity index (χ1n) is 8.93. The fourth-order valence-electron chi connectivity index (χ4n) is 3.57. The van der Waals surface area contributed by atoms with Gasteiger partial charge < -0.3 is 9.80 Å². The summed E-state index contributed by atoms with van der Waals surface area (Å²) in [6, 6.07) is 15.2. The molecule has 0 amide bonds. The molecule has 5 heteroatoms. The van der Waals surface area contributed by atoms with Crippen LogP contribution in [-0.2, 0) is 0 Å². The van der Waals surface area contributed by atoms with E-state index in [1.165, 1.54) is 4.90 Å². The van der Waals surface area contributed by atoms with Crippen LogP contribution in [0.15, 0.2) is 54.7 Å². The third-order valence-electron chi connectivity index (χ3n) is 5.08. The zero-order valence-electron chi connectivity index (χ0n) is 14.8. The number of piperazine rings is 1. The molecule has 4 nitrogen and oxygen atoms in total. The maximum absolute atomic E-state index is 13.2. The minimum absolute atomic E-state index is 0.0324. The van der Waals surface area contributed by atoms with Gasteiger partial charge in [-0.25, -0.2) is 4.98 Å². The number of ketones is 1. The number of hydrogen-bond acceptors (Lipinski definition) is 2. The molecule has 1 fully saturated rings. The molecule has 1 aliphatic heterocycles. The monoisotopic (exact) mass is 367 g/mol. The molecule has 26 heavy (non-hydrogen) atoms. The molecule has 1 aliphatic rings. The summed E-state index contributed by atoms with van der Waals surface area (Å²) in [4.78, 5) is 20.3. The van der Waals surface area contributed by atoms with Gasteiger partial charge in [0.1, 0.15) is 5.56 Å². The van der Waals surface area contributed by atoms with Crippen molar-refractivity contribution in [1.29, 1.82) is 0 Å². The van der Waals surface area contributed by atoms with Crippen LogP contribution in [0.1, 0.15) is 15.9 Å². The van der Waals surface area contributed by atoms with Gasteiger partial charge >= 0.3 is 0 Å². The smallest absolute Gasteiger partial charge is 0.213 e. The summed E-state index contributed by atoms with van der Waals surface area (Å²) in [5, 5.41) is 1.68. The molecular weight excluding hydrogens is 346 g/mol. The van der Waals surface area contributed by atoms with Crippen LogP contribution in [0, 0.1) is 0 Å². The van der Waals surface area contributed by atoms with E-state index in [1.807, 2.05) is 54.7 Å². The van der Waals surface area contributed by atoms with E-state index in [0.717, 1.165) is 42.8 Å². The SMILES string of the molecule is C[NH+]1CCN(c2c(C(=O)c3ccccc3)c[nH+]c3ccc(Cl)cc23)CC1. The summed E-state index contributed by atoms with van der Waals surface area (Å²) < 4.78 is 0. The number of anilines is 1. The average molecular weight is 368 g/mol. The number of aromatic amines is 1. The highest BCUT2D eigenvalue weighted by Crippen LogP contribution is 2.31. The predicted octanol–water partition coefficient (Wildman–Crippen LogP) is 1.87. The Balaban J connectivity index is 1.89. The molecule has 1 saturated heterocycles. The van der Waals surface area contributed by atoms with Gasteiger partial charge in [0.05, 0.1) is 44.3 Å². The fourth-order valence-corrected chi connectivity index (χ4v) is 3.74. The first kappa shape index (κ1) is 17.0. The van der Waals surface area contributed by atoms with E-state index in [1.54, 1.807) is 0 Å². The molecule has 0 bridgehead atoms. The normalized spacial score (nSPS) is 15.4. The quantitative estimate of drug-likeness (QED) is 0.718. The number of nitrogens with zero attached hydrogens (tertiary/aromatic N) is 1. The van der Waals surface area contributed by atoms with E-state index < -0.39 is 0 Å². The molecule has 132 valence electrons. The Morgan fingerprint density at radius 3 is 2.58 bits per heavy atom. The summed E-state index contributed by atoms with van der Waals surface area (Å²) in [5.74, 6) is 0.0324. The summed E-state index contributed by atoms with van der Waals surface area (Å²) in [5.41, 5.74) is 3.37. The van der Waals surface area contributed by atoms with Crippen molar-refractivity contribution in [1.82, 2.24) is 0 Å². The number of fused-ring (bicyclic) bond motifs is 1. The Labute approximate surface area is 158 Å². The minimum Gasteiger partial charge on any atom is -0.359 e. The van der Waals surface area contributed by atoms with Gasteiger partial charge in [0, 0.05) is 16.7 Å². The van der Waals surface area contributed by atoms with Crippen molar-refractivity contribution in [3.63, 3.8) is 0 Å². The molecule has 2 N–H and O–H groups in total. The molecule has 2 aromatic carbocycles. The second-order valence-electron chi connectivity index (χ2n) is 6.88. The van der Waals surface area contributed by atoms with Crippen LogP contribution in [0.4, 0.5) is 5.69 Å². The van der Waals surface area contributed by atoms with Crippen LogP contribution >= 0.6 is 11.6 Å². The lowest BCUT2D eigenvalue weighted by Gasteiger charge is -2.32. The summed E-state index contributed by atoms with van der Waals surface area (Å²) in [6.07, 6.45) is 1.84. The number of halogens is 1. The van der Waals surface area contributed by atoms with Crippen LogP contribution in [0.25, 0.3) is 10.9 Å². The Morgan fingerprint density at radius 2 is 1.85 bits per heavy atom. The minimum atomic E-state index is 0.0324. The van der Waals surface area contributed by atoms with Crippen LogP contribution in [0.2, 0.25) is 5.02 Å². The molecule has 0 spiro atoms. The first-order chi connectivity index (χ1) is 12.6. The van der Waals surface area contributed by atoms with Crippen LogP contribution in [0.5, 0.6) is 0 Å². The summed E-state index contributed by atoms with van der Waals surface area (Å²) in [7, 11) is 2.21. The van der Waals surface area contributed by atoms with Gasteiger partial charge in [0.2, 0.25) is 11.3 Å². The van der Waals surface area contributed by atoms with E-state index in [2.05, 4.69) is 16.9 Å². The second kappa shape index (κ2) is 7.06. The van der Waals surface area contributed by atoms with E-state index in [9.17, 15) is 4.79 Å². The number of nitrogens with one attached hydrogen (secondary N) is 2. The van der Waals surface area contributed by atoms with Crippen molar-refractivity contribution in [2.45, 2.75) is 0 Å². The highest BCUT2D eigenvalue weighted by atomic mass is 35.5. The third-order valence-corrected chi connectivity index (χ3v) is 5.31. The number of H-pyrrole nitrogens is 1. The van der Waals surface area contributed by atoms with E-state index in [4.69, 9.17) is 11.6 Å². The van der Waals surface area contributed by atoms with Gasteiger partial charge in [-0.15, -0.1) is 0 Å². The van der Waals surface area contributed by atoms with Gasteiger partial charge in [-0.05, 0) is 12.1 Å². The number of aromatic nitrogens is 1. The van der Waals surface area contributed by atoms with Crippen molar-refractivity contribution in [2.75, 3.05) is 38.1 Å². The molecule has 4 rings (SSSR count). The Morgan fingerprint density at radius 1 is 1.12 bits per heavy atom. The number of quaternary nitrogens is 1. The summed E-state index contributed by atoms with van der Waals surface area (Å²) >= 11 is 6.28. The highest BCUT2D eigenvalue weighted by Gasteiger charge is 2.27. The van der Waals surface area contributed by atoms with Gasteiger partial charge in [-0.1, -0.05) is 41.9 Å². The molecule has 1 aromatic heterocycles. The molecule has 3 aromatic rings. The molecule has 0 radical (unpaired) electrons. The zero-order chi connectivity index (χ0) is 18.1. The van der Waals surface area contributed by atoms with Gasteiger partial charge in [0.15, 0.2) is 6.20 Å². The number of rotatable bonds is 3. The largest absolute Gasteiger partial charge is 0.359 e. The van der Waals surface area contributed by atoms with Crippen molar-refractivity contribution in [3.8, 4) is 0 Å². The molecule has 0 unspecified atom stereocenters. The van der Waals surface area contributed by atoms with Gasteiger partial charge in [-0.3, -0.25) is 4.79 Å². The van der Waals surface area contributed by atoms with Crippen molar-refractivity contribution < 1.29 is 14.7 Å². The average Bonchev–Trinajstić information content (AvgIpc) is 2.68. The number of pyridine rings is 1. The van der Waals surface area contributed by atoms with Crippen molar-refractivity contribution >= 4 is 34.0 Å². The maximum atomic E-state index is 13.2. The zero-order valence-corrected chi connectivity index (χ0v) is 15.5.